The third-order valence-corrected chi connectivity index (χ3v) is 3.69. The van der Waals surface area contributed by atoms with Crippen molar-refractivity contribution in [2.24, 2.45) is 0 Å². The van der Waals surface area contributed by atoms with Crippen LogP contribution in [0.3, 0.4) is 0 Å². The molecule has 0 aliphatic rings. The summed E-state index contributed by atoms with van der Waals surface area (Å²) >= 11 is 0. The average molecular weight is 286 g/mol. The van der Waals surface area contributed by atoms with Crippen LogP contribution >= 0.6 is 0 Å². The minimum absolute atomic E-state index is 0.0649. The predicted molar refractivity (Wildman–Crippen MR) is 72.3 cm³/mol. The summed E-state index contributed by atoms with van der Waals surface area (Å²) in [5.41, 5.74) is 0. The van der Waals surface area contributed by atoms with Gasteiger partial charge in [-0.25, -0.2) is 18.1 Å². The molecule has 0 aliphatic heterocycles. The van der Waals surface area contributed by atoms with Gasteiger partial charge in [0.2, 0.25) is 15.9 Å². The van der Waals surface area contributed by atoms with Crippen molar-refractivity contribution in [3.8, 4) is 0 Å². The lowest BCUT2D eigenvalue weighted by molar-refractivity contribution is -0.119. The Kier molecular flexibility index (Phi) is 5.71. The zero-order chi connectivity index (χ0) is 14.3. The molecule has 1 rings (SSSR count). The third kappa shape index (κ3) is 4.84. The maximum atomic E-state index is 11.9. The summed E-state index contributed by atoms with van der Waals surface area (Å²) in [6.07, 6.45) is 2.19. The molecule has 0 unspecified atom stereocenters. The third-order valence-electron chi connectivity index (χ3n) is 2.29. The van der Waals surface area contributed by atoms with Crippen molar-refractivity contribution in [2.45, 2.75) is 18.2 Å². The molecule has 0 bridgehead atoms. The van der Waals surface area contributed by atoms with Crippen LogP contribution in [-0.4, -0.2) is 39.4 Å². The Morgan fingerprint density at radius 1 is 1.42 bits per heavy atom. The first kappa shape index (κ1) is 15.4. The van der Waals surface area contributed by atoms with Crippen LogP contribution in [0.25, 0.3) is 0 Å². The van der Waals surface area contributed by atoms with Gasteiger partial charge >= 0.3 is 0 Å². The van der Waals surface area contributed by atoms with Crippen molar-refractivity contribution in [3.63, 3.8) is 0 Å². The topological polar surface area (TPSA) is 100 Å². The SMILES string of the molecule is CCCNC(=O)CNS(=O)(=O)c1ccnc(NC)c1. The number of hydrogen-bond donors (Lipinski definition) is 3. The van der Waals surface area contributed by atoms with Gasteiger partial charge in [0.05, 0.1) is 11.4 Å². The number of nitrogens with one attached hydrogen (secondary N) is 3. The number of anilines is 1. The largest absolute Gasteiger partial charge is 0.373 e. The van der Waals surface area contributed by atoms with Crippen molar-refractivity contribution < 1.29 is 13.2 Å². The highest BCUT2D eigenvalue weighted by atomic mass is 32.2. The molecule has 0 saturated carbocycles. The van der Waals surface area contributed by atoms with E-state index in [1.54, 1.807) is 7.05 Å². The first-order chi connectivity index (χ1) is 8.99. The number of hydrogen-bond acceptors (Lipinski definition) is 5. The quantitative estimate of drug-likeness (QED) is 0.651. The van der Waals surface area contributed by atoms with Gasteiger partial charge in [0.25, 0.3) is 0 Å². The highest BCUT2D eigenvalue weighted by Crippen LogP contribution is 2.11. The molecular weight excluding hydrogens is 268 g/mol. The lowest BCUT2D eigenvalue weighted by atomic mass is 10.4. The van der Waals surface area contributed by atoms with Crippen LogP contribution < -0.4 is 15.4 Å². The fraction of sp³-hybridized carbons (Fsp3) is 0.455. The fourth-order valence-electron chi connectivity index (χ4n) is 1.29. The van der Waals surface area contributed by atoms with E-state index in [2.05, 4.69) is 20.3 Å². The Morgan fingerprint density at radius 2 is 2.16 bits per heavy atom. The Balaban J connectivity index is 2.67. The summed E-state index contributed by atoms with van der Waals surface area (Å²) < 4.78 is 26.1. The van der Waals surface area contributed by atoms with E-state index >= 15 is 0 Å². The normalized spacial score (nSPS) is 11.1. The summed E-state index contributed by atoms with van der Waals surface area (Å²) in [6.45, 7) is 2.17. The maximum Gasteiger partial charge on any atom is 0.241 e. The lowest BCUT2D eigenvalue weighted by Crippen LogP contribution is -2.37. The highest BCUT2D eigenvalue weighted by Gasteiger charge is 2.15. The maximum absolute atomic E-state index is 11.9. The molecule has 0 fully saturated rings. The zero-order valence-electron chi connectivity index (χ0n) is 10.9. The van der Waals surface area contributed by atoms with Gasteiger partial charge in [-0.05, 0) is 12.5 Å². The molecule has 0 aromatic carbocycles. The molecule has 0 saturated heterocycles. The molecular formula is C11H18N4O3S. The van der Waals surface area contributed by atoms with E-state index in [1.807, 2.05) is 6.92 Å². The van der Waals surface area contributed by atoms with Gasteiger partial charge in [-0.3, -0.25) is 4.79 Å². The first-order valence-corrected chi connectivity index (χ1v) is 7.38. The number of pyridine rings is 1. The van der Waals surface area contributed by atoms with Crippen LogP contribution in [0.5, 0.6) is 0 Å². The number of amides is 1. The van der Waals surface area contributed by atoms with Gasteiger partial charge in [-0.15, -0.1) is 0 Å². The molecule has 0 radical (unpaired) electrons. The second-order valence-corrected chi connectivity index (χ2v) is 5.57. The van der Waals surface area contributed by atoms with E-state index < -0.39 is 10.0 Å². The summed E-state index contributed by atoms with van der Waals surface area (Å²) in [7, 11) is -2.06. The van der Waals surface area contributed by atoms with Gasteiger partial charge in [-0.2, -0.15) is 0 Å². The number of nitrogens with zero attached hydrogens (tertiary/aromatic N) is 1. The molecule has 7 nitrogen and oxygen atoms in total. The number of carbonyl (C=O) groups is 1. The molecule has 106 valence electrons. The minimum Gasteiger partial charge on any atom is -0.373 e. The monoisotopic (exact) mass is 286 g/mol. The van der Waals surface area contributed by atoms with Gasteiger partial charge < -0.3 is 10.6 Å². The molecule has 1 aromatic rings. The number of carbonyl (C=O) groups excluding carboxylic acids is 1. The summed E-state index contributed by atoms with van der Waals surface area (Å²) in [6, 6.07) is 2.76. The van der Waals surface area contributed by atoms with Gasteiger partial charge in [0, 0.05) is 25.9 Å². The van der Waals surface area contributed by atoms with Crippen LogP contribution in [0.15, 0.2) is 23.2 Å². The molecule has 8 heteroatoms. The van der Waals surface area contributed by atoms with E-state index in [1.165, 1.54) is 18.3 Å². The van der Waals surface area contributed by atoms with E-state index in [0.717, 1.165) is 6.42 Å². The standard InChI is InChI=1S/C11H18N4O3S/c1-3-5-14-11(16)8-15-19(17,18)9-4-6-13-10(7-9)12-2/h4,6-7,15H,3,5,8H2,1-2H3,(H,12,13)(H,14,16). The van der Waals surface area contributed by atoms with Crippen molar-refractivity contribution in [2.75, 3.05) is 25.5 Å². The Bertz CT molecular complexity index is 530. The molecule has 0 aliphatic carbocycles. The van der Waals surface area contributed by atoms with Crippen LogP contribution in [0, 0.1) is 0 Å². The number of sulfonamides is 1. The van der Waals surface area contributed by atoms with Gasteiger partial charge in [0.15, 0.2) is 0 Å². The number of rotatable bonds is 7. The Labute approximate surface area is 112 Å². The Morgan fingerprint density at radius 3 is 2.79 bits per heavy atom. The second-order valence-electron chi connectivity index (χ2n) is 3.80. The fourth-order valence-corrected chi connectivity index (χ4v) is 2.28. The molecule has 1 amide bonds. The number of aromatic nitrogens is 1. The second kappa shape index (κ2) is 7.05. The van der Waals surface area contributed by atoms with E-state index in [0.29, 0.717) is 12.4 Å². The predicted octanol–water partition coefficient (Wildman–Crippen LogP) is -0.0722. The van der Waals surface area contributed by atoms with E-state index in [9.17, 15) is 13.2 Å². The van der Waals surface area contributed by atoms with Crippen molar-refractivity contribution in [1.82, 2.24) is 15.0 Å². The highest BCUT2D eigenvalue weighted by molar-refractivity contribution is 7.89. The van der Waals surface area contributed by atoms with Gasteiger partial charge in [0.1, 0.15) is 5.82 Å². The minimum atomic E-state index is -3.70. The van der Waals surface area contributed by atoms with Crippen molar-refractivity contribution in [3.05, 3.63) is 18.3 Å². The van der Waals surface area contributed by atoms with Crippen LogP contribution in [0.2, 0.25) is 0 Å². The Hall–Kier alpha value is -1.67. The summed E-state index contributed by atoms with van der Waals surface area (Å²) in [5, 5.41) is 5.34. The van der Waals surface area contributed by atoms with Crippen molar-refractivity contribution >= 4 is 21.7 Å². The van der Waals surface area contributed by atoms with Crippen LogP contribution in [-0.2, 0) is 14.8 Å². The smallest absolute Gasteiger partial charge is 0.241 e. The summed E-state index contributed by atoms with van der Waals surface area (Å²) in [5.74, 6) is 0.0895. The van der Waals surface area contributed by atoms with Crippen molar-refractivity contribution in [1.29, 1.82) is 0 Å². The molecule has 0 atom stereocenters. The molecule has 0 spiro atoms. The van der Waals surface area contributed by atoms with Gasteiger partial charge in [-0.1, -0.05) is 6.92 Å². The molecule has 3 N–H and O–H groups in total. The van der Waals surface area contributed by atoms with E-state index in [-0.39, 0.29) is 17.3 Å². The zero-order valence-corrected chi connectivity index (χ0v) is 11.8. The van der Waals surface area contributed by atoms with Crippen LogP contribution in [0.1, 0.15) is 13.3 Å². The molecule has 1 aromatic heterocycles. The first-order valence-electron chi connectivity index (χ1n) is 5.89. The average Bonchev–Trinajstić information content (AvgIpc) is 2.43. The lowest BCUT2D eigenvalue weighted by Gasteiger charge is -2.08. The summed E-state index contributed by atoms with van der Waals surface area (Å²) in [4.78, 5) is 15.3. The molecule has 19 heavy (non-hydrogen) atoms. The van der Waals surface area contributed by atoms with E-state index in [4.69, 9.17) is 0 Å². The van der Waals surface area contributed by atoms with Crippen LogP contribution in [0.4, 0.5) is 5.82 Å². The molecule has 1 heterocycles.